The van der Waals surface area contributed by atoms with Crippen LogP contribution in [0.2, 0.25) is 0 Å². The summed E-state index contributed by atoms with van der Waals surface area (Å²) in [5.74, 6) is -0.679. The number of hydrogen-bond acceptors (Lipinski definition) is 4. The Kier molecular flexibility index (Phi) is 5.50. The first-order valence-electron chi connectivity index (χ1n) is 8.37. The number of alkyl halides is 3. The zero-order valence-electron chi connectivity index (χ0n) is 15.3. The summed E-state index contributed by atoms with van der Waals surface area (Å²) in [4.78, 5) is -1.06. The van der Waals surface area contributed by atoms with Gasteiger partial charge in [-0.05, 0) is 49.2 Å². The van der Waals surface area contributed by atoms with Gasteiger partial charge in [0.05, 0.1) is 11.3 Å². The highest BCUT2D eigenvalue weighted by molar-refractivity contribution is 7.89. The second-order valence-electron chi connectivity index (χ2n) is 6.37. The first-order valence-corrected chi connectivity index (χ1v) is 9.86. The van der Waals surface area contributed by atoms with Crippen molar-refractivity contribution >= 4 is 10.0 Å². The van der Waals surface area contributed by atoms with Gasteiger partial charge in [-0.3, -0.25) is 0 Å². The van der Waals surface area contributed by atoms with Crippen LogP contribution in [0.4, 0.5) is 17.6 Å². The molecule has 0 amide bonds. The minimum Gasteiger partial charge on any atom is -0.361 e. The van der Waals surface area contributed by atoms with Crippen LogP contribution in [0, 0.1) is 19.7 Å². The van der Waals surface area contributed by atoms with Crippen molar-refractivity contribution in [2.45, 2.75) is 31.5 Å². The number of halogens is 4. The smallest absolute Gasteiger partial charge is 0.361 e. The second-order valence-corrected chi connectivity index (χ2v) is 8.10. The molecule has 1 N–H and O–H groups in total. The lowest BCUT2D eigenvalue weighted by atomic mass is 10.0. The highest BCUT2D eigenvalue weighted by Gasteiger charge is 2.33. The van der Waals surface area contributed by atoms with Crippen LogP contribution in [0.3, 0.4) is 0 Å². The molecule has 154 valence electrons. The number of nitrogens with one attached hydrogen (secondary N) is 1. The fourth-order valence-electron chi connectivity index (χ4n) is 2.87. The third-order valence-electron chi connectivity index (χ3n) is 4.26. The van der Waals surface area contributed by atoms with Gasteiger partial charge in [-0.25, -0.2) is 17.5 Å². The molecule has 10 heteroatoms. The van der Waals surface area contributed by atoms with Crippen LogP contribution in [0.5, 0.6) is 0 Å². The van der Waals surface area contributed by atoms with Crippen molar-refractivity contribution in [3.63, 3.8) is 0 Å². The van der Waals surface area contributed by atoms with E-state index in [0.29, 0.717) is 29.2 Å². The van der Waals surface area contributed by atoms with Gasteiger partial charge in [-0.2, -0.15) is 13.2 Å². The average Bonchev–Trinajstić information content (AvgIpc) is 2.98. The minimum atomic E-state index is -4.79. The Morgan fingerprint density at radius 1 is 1.10 bits per heavy atom. The predicted molar refractivity (Wildman–Crippen MR) is 96.8 cm³/mol. The third kappa shape index (κ3) is 4.48. The molecule has 0 bridgehead atoms. The van der Waals surface area contributed by atoms with E-state index in [9.17, 15) is 26.0 Å². The van der Waals surface area contributed by atoms with Crippen molar-refractivity contribution in [3.05, 3.63) is 70.9 Å². The number of hydrogen-bond donors (Lipinski definition) is 1. The van der Waals surface area contributed by atoms with E-state index in [0.717, 1.165) is 11.1 Å². The van der Waals surface area contributed by atoms with Crippen molar-refractivity contribution in [3.8, 4) is 11.1 Å². The van der Waals surface area contributed by atoms with Crippen LogP contribution in [-0.2, 0) is 22.7 Å². The molecule has 0 aliphatic rings. The molecular weight excluding hydrogens is 412 g/mol. The molecule has 0 radical (unpaired) electrons. The Hall–Kier alpha value is -2.72. The number of aryl methyl sites for hydroxylation is 2. The zero-order chi connectivity index (χ0) is 21.4. The average molecular weight is 428 g/mol. The minimum absolute atomic E-state index is 0.241. The first kappa shape index (κ1) is 21.0. The second kappa shape index (κ2) is 7.60. The predicted octanol–water partition coefficient (Wildman–Crippen LogP) is 4.59. The number of nitrogens with zero attached hydrogens (tertiary/aromatic N) is 1. The molecule has 5 nitrogen and oxygen atoms in total. The number of aromatic nitrogens is 1. The quantitative estimate of drug-likeness (QED) is 0.603. The van der Waals surface area contributed by atoms with Gasteiger partial charge in [0.25, 0.3) is 0 Å². The van der Waals surface area contributed by atoms with E-state index in [1.807, 2.05) is 0 Å². The summed E-state index contributed by atoms with van der Waals surface area (Å²) in [5.41, 5.74) is 1.44. The maximum atomic E-state index is 13.9. The number of rotatable bonds is 5. The molecule has 0 aliphatic heterocycles. The van der Waals surface area contributed by atoms with Crippen LogP contribution in [0.25, 0.3) is 11.1 Å². The van der Waals surface area contributed by atoms with Crippen molar-refractivity contribution in [1.29, 1.82) is 0 Å². The summed E-state index contributed by atoms with van der Waals surface area (Å²) in [7, 11) is -4.51. The van der Waals surface area contributed by atoms with E-state index in [4.69, 9.17) is 4.52 Å². The Labute approximate surface area is 164 Å². The van der Waals surface area contributed by atoms with Crippen LogP contribution in [0.15, 0.2) is 51.9 Å². The fourth-order valence-corrected chi connectivity index (χ4v) is 3.99. The molecule has 0 unspecified atom stereocenters. The summed E-state index contributed by atoms with van der Waals surface area (Å²) in [5, 5.41) is 3.86. The topological polar surface area (TPSA) is 72.2 Å². The van der Waals surface area contributed by atoms with Gasteiger partial charge < -0.3 is 4.52 Å². The van der Waals surface area contributed by atoms with Crippen LogP contribution in [-0.4, -0.2) is 13.6 Å². The molecule has 3 rings (SSSR count). The van der Waals surface area contributed by atoms with Gasteiger partial charge in [0.15, 0.2) is 0 Å². The maximum Gasteiger partial charge on any atom is 0.416 e. The van der Waals surface area contributed by atoms with Crippen molar-refractivity contribution < 1.29 is 30.5 Å². The molecule has 1 aromatic heterocycles. The van der Waals surface area contributed by atoms with Gasteiger partial charge in [0.2, 0.25) is 10.0 Å². The first-order chi connectivity index (χ1) is 13.5. The largest absolute Gasteiger partial charge is 0.416 e. The molecular formula is C19H16F4N2O3S. The molecule has 29 heavy (non-hydrogen) atoms. The highest BCUT2D eigenvalue weighted by atomic mass is 32.2. The van der Waals surface area contributed by atoms with Crippen molar-refractivity contribution in [2.24, 2.45) is 0 Å². The molecule has 0 saturated carbocycles. The molecule has 0 fully saturated rings. The van der Waals surface area contributed by atoms with Crippen molar-refractivity contribution in [1.82, 2.24) is 9.88 Å². The van der Waals surface area contributed by atoms with Gasteiger partial charge in [0.1, 0.15) is 16.5 Å². The Balaban J connectivity index is 1.86. The molecule has 2 aromatic carbocycles. The van der Waals surface area contributed by atoms with Gasteiger partial charge >= 0.3 is 6.18 Å². The number of sulfonamides is 1. The zero-order valence-corrected chi connectivity index (χ0v) is 16.2. The summed E-state index contributed by atoms with van der Waals surface area (Å²) in [6, 6.07) is 8.05. The van der Waals surface area contributed by atoms with E-state index in [2.05, 4.69) is 9.88 Å². The maximum absolute atomic E-state index is 13.9. The van der Waals surface area contributed by atoms with Gasteiger partial charge in [-0.1, -0.05) is 23.4 Å². The summed E-state index contributed by atoms with van der Waals surface area (Å²) < 4.78 is 84.4. The normalized spacial score (nSPS) is 12.3. The van der Waals surface area contributed by atoms with Crippen molar-refractivity contribution in [2.75, 3.05) is 0 Å². The lowest BCUT2D eigenvalue weighted by Crippen LogP contribution is -2.24. The lowest BCUT2D eigenvalue weighted by molar-refractivity contribution is -0.137. The summed E-state index contributed by atoms with van der Waals surface area (Å²) in [6.45, 7) is 3.26. The molecule has 0 saturated heterocycles. The van der Waals surface area contributed by atoms with Crippen LogP contribution >= 0.6 is 0 Å². The summed E-state index contributed by atoms with van der Waals surface area (Å²) >= 11 is 0. The van der Waals surface area contributed by atoms with Crippen LogP contribution < -0.4 is 4.72 Å². The third-order valence-corrected chi connectivity index (χ3v) is 5.68. The van der Waals surface area contributed by atoms with E-state index < -0.39 is 32.5 Å². The van der Waals surface area contributed by atoms with Gasteiger partial charge in [-0.15, -0.1) is 0 Å². The number of benzene rings is 2. The Morgan fingerprint density at radius 2 is 1.83 bits per heavy atom. The Morgan fingerprint density at radius 3 is 2.45 bits per heavy atom. The molecule has 0 atom stereocenters. The van der Waals surface area contributed by atoms with Gasteiger partial charge in [0, 0.05) is 12.1 Å². The SMILES string of the molecule is Cc1noc(C)c1-c1cccc(CNS(=O)(=O)c2cc(C(F)(F)F)ccc2F)c1. The molecule has 0 spiro atoms. The Bertz CT molecular complexity index is 1140. The monoisotopic (exact) mass is 428 g/mol. The lowest BCUT2D eigenvalue weighted by Gasteiger charge is -2.12. The molecule has 3 aromatic rings. The molecule has 1 heterocycles. The molecule has 0 aliphatic carbocycles. The van der Waals surface area contributed by atoms with E-state index in [-0.39, 0.29) is 12.6 Å². The van der Waals surface area contributed by atoms with E-state index in [1.54, 1.807) is 38.1 Å². The standard InChI is InChI=1S/C19H16F4N2O3S/c1-11-18(12(2)28-25-11)14-5-3-4-13(8-14)10-24-29(26,27)17-9-15(19(21,22)23)6-7-16(17)20/h3-9,24H,10H2,1-2H3. The van der Waals surface area contributed by atoms with E-state index in [1.165, 1.54) is 0 Å². The summed E-state index contributed by atoms with van der Waals surface area (Å²) in [6.07, 6.45) is -4.79. The van der Waals surface area contributed by atoms with E-state index >= 15 is 0 Å². The highest BCUT2D eigenvalue weighted by Crippen LogP contribution is 2.32. The fraction of sp³-hybridized carbons (Fsp3) is 0.211. The van der Waals surface area contributed by atoms with Crippen LogP contribution in [0.1, 0.15) is 22.6 Å².